The molecular weight excluding hydrogens is 390 g/mol. The van der Waals surface area contributed by atoms with Crippen LogP contribution in [0, 0.1) is 0 Å². The van der Waals surface area contributed by atoms with Crippen LogP contribution in [-0.4, -0.2) is 37.2 Å². The number of hydrogen-bond acceptors (Lipinski definition) is 3. The van der Waals surface area contributed by atoms with Gasteiger partial charge in [0.1, 0.15) is 0 Å². The predicted octanol–water partition coefficient (Wildman–Crippen LogP) is 5.07. The summed E-state index contributed by atoms with van der Waals surface area (Å²) in [5, 5.41) is 6.17. The van der Waals surface area contributed by atoms with Crippen LogP contribution < -0.4 is 10.6 Å². The number of halogens is 1. The summed E-state index contributed by atoms with van der Waals surface area (Å²) in [5.74, 6) is 0. The lowest BCUT2D eigenvalue weighted by atomic mass is 10.1. The first-order chi connectivity index (χ1) is 14.0. The van der Waals surface area contributed by atoms with Crippen molar-refractivity contribution in [3.63, 3.8) is 0 Å². The van der Waals surface area contributed by atoms with Crippen molar-refractivity contribution in [1.82, 2.24) is 10.2 Å². The number of nitrogens with one attached hydrogen (secondary N) is 2. The summed E-state index contributed by atoms with van der Waals surface area (Å²) in [6, 6.07) is 14.9. The molecule has 2 N–H and O–H groups in total. The zero-order valence-electron chi connectivity index (χ0n) is 16.9. The Morgan fingerprint density at radius 3 is 2.48 bits per heavy atom. The van der Waals surface area contributed by atoms with Gasteiger partial charge in [0.05, 0.1) is 6.61 Å². The van der Waals surface area contributed by atoms with Crippen LogP contribution in [0.5, 0.6) is 0 Å². The van der Waals surface area contributed by atoms with Crippen LogP contribution >= 0.6 is 11.6 Å². The van der Waals surface area contributed by atoms with E-state index in [1.165, 1.54) is 5.56 Å². The zero-order chi connectivity index (χ0) is 21.1. The van der Waals surface area contributed by atoms with Gasteiger partial charge in [-0.25, -0.2) is 9.59 Å². The number of benzene rings is 2. The summed E-state index contributed by atoms with van der Waals surface area (Å²) < 4.78 is 5.18. The molecule has 6 nitrogen and oxygen atoms in total. The summed E-state index contributed by atoms with van der Waals surface area (Å²) in [6.45, 7) is 3.33. The number of carbonyl (C=O) groups is 2. The average molecular weight is 418 g/mol. The normalized spacial score (nSPS) is 10.3. The minimum atomic E-state index is -0.472. The monoisotopic (exact) mass is 417 g/mol. The fourth-order valence-corrected chi connectivity index (χ4v) is 2.85. The Balaban J connectivity index is 1.58. The molecule has 29 heavy (non-hydrogen) atoms. The number of rotatable bonds is 9. The van der Waals surface area contributed by atoms with Crippen LogP contribution in [-0.2, 0) is 17.7 Å². The number of hydrogen-bond donors (Lipinski definition) is 2. The number of carbonyl (C=O) groups excluding carboxylic acids is 2. The van der Waals surface area contributed by atoms with Crippen LogP contribution in [0.15, 0.2) is 48.5 Å². The third kappa shape index (κ3) is 8.03. The standard InChI is InChI=1S/C22H28ClN3O3/c1-3-17-10-12-19(13-11-17)25-22(28)29-15-7-6-14-26(2)21(27)24-16-18-8-4-5-9-20(18)23/h4-5,8-13H,3,6-7,14-16H2,1-2H3,(H,24,27)(H,25,28). The summed E-state index contributed by atoms with van der Waals surface area (Å²) in [5.41, 5.74) is 2.80. The second-order valence-corrected chi connectivity index (χ2v) is 7.10. The van der Waals surface area contributed by atoms with Gasteiger partial charge < -0.3 is 15.0 Å². The van der Waals surface area contributed by atoms with Gasteiger partial charge >= 0.3 is 12.1 Å². The molecule has 2 rings (SSSR count). The fraction of sp³-hybridized carbons (Fsp3) is 0.364. The van der Waals surface area contributed by atoms with E-state index >= 15 is 0 Å². The lowest BCUT2D eigenvalue weighted by Gasteiger charge is -2.18. The van der Waals surface area contributed by atoms with Crippen LogP contribution in [0.2, 0.25) is 5.02 Å². The van der Waals surface area contributed by atoms with E-state index in [0.29, 0.717) is 36.8 Å². The SMILES string of the molecule is CCc1ccc(NC(=O)OCCCCN(C)C(=O)NCc2ccccc2Cl)cc1. The molecule has 0 unspecified atom stereocenters. The van der Waals surface area contributed by atoms with E-state index in [1.807, 2.05) is 42.5 Å². The molecule has 0 heterocycles. The fourth-order valence-electron chi connectivity index (χ4n) is 2.64. The third-order valence-electron chi connectivity index (χ3n) is 4.46. The number of aryl methyl sites for hydroxylation is 1. The minimum Gasteiger partial charge on any atom is -0.449 e. The van der Waals surface area contributed by atoms with Gasteiger partial charge in [-0.15, -0.1) is 0 Å². The lowest BCUT2D eigenvalue weighted by Crippen LogP contribution is -2.37. The van der Waals surface area contributed by atoms with Crippen molar-refractivity contribution >= 4 is 29.4 Å². The molecular formula is C22H28ClN3O3. The Kier molecular flexibility index (Phi) is 9.31. The number of amides is 3. The molecule has 0 atom stereocenters. The number of unbranched alkanes of at least 4 members (excludes halogenated alkanes) is 1. The van der Waals surface area contributed by atoms with Gasteiger partial charge in [-0.1, -0.05) is 48.9 Å². The molecule has 0 spiro atoms. The van der Waals surface area contributed by atoms with Gasteiger partial charge in [0.25, 0.3) is 0 Å². The van der Waals surface area contributed by atoms with Crippen LogP contribution in [0.1, 0.15) is 30.9 Å². The van der Waals surface area contributed by atoms with Crippen molar-refractivity contribution < 1.29 is 14.3 Å². The van der Waals surface area contributed by atoms with Crippen molar-refractivity contribution in [3.05, 3.63) is 64.7 Å². The Morgan fingerprint density at radius 1 is 1.07 bits per heavy atom. The molecule has 0 saturated heterocycles. The van der Waals surface area contributed by atoms with Gasteiger partial charge in [0.2, 0.25) is 0 Å². The van der Waals surface area contributed by atoms with Crippen molar-refractivity contribution in [1.29, 1.82) is 0 Å². The summed E-state index contributed by atoms with van der Waals surface area (Å²) >= 11 is 6.08. The summed E-state index contributed by atoms with van der Waals surface area (Å²) in [6.07, 6.45) is 1.89. The van der Waals surface area contributed by atoms with E-state index in [9.17, 15) is 9.59 Å². The molecule has 2 aromatic rings. The molecule has 0 aliphatic heterocycles. The van der Waals surface area contributed by atoms with E-state index in [-0.39, 0.29) is 6.03 Å². The number of nitrogens with zero attached hydrogens (tertiary/aromatic N) is 1. The zero-order valence-corrected chi connectivity index (χ0v) is 17.7. The highest BCUT2D eigenvalue weighted by molar-refractivity contribution is 6.31. The molecule has 0 aliphatic rings. The van der Waals surface area contributed by atoms with E-state index in [1.54, 1.807) is 18.0 Å². The molecule has 156 valence electrons. The van der Waals surface area contributed by atoms with Crippen molar-refractivity contribution in [2.45, 2.75) is 32.7 Å². The van der Waals surface area contributed by atoms with E-state index in [2.05, 4.69) is 17.6 Å². The maximum Gasteiger partial charge on any atom is 0.411 e. The first-order valence-corrected chi connectivity index (χ1v) is 10.1. The average Bonchev–Trinajstić information content (AvgIpc) is 2.73. The first-order valence-electron chi connectivity index (χ1n) is 9.74. The highest BCUT2D eigenvalue weighted by Gasteiger charge is 2.09. The van der Waals surface area contributed by atoms with Crippen LogP contribution in [0.4, 0.5) is 15.3 Å². The second-order valence-electron chi connectivity index (χ2n) is 6.69. The molecule has 2 aromatic carbocycles. The molecule has 0 bridgehead atoms. The third-order valence-corrected chi connectivity index (χ3v) is 4.83. The van der Waals surface area contributed by atoms with Gasteiger partial charge in [-0.3, -0.25) is 5.32 Å². The molecule has 7 heteroatoms. The maximum atomic E-state index is 12.1. The molecule has 0 saturated carbocycles. The summed E-state index contributed by atoms with van der Waals surface area (Å²) in [4.78, 5) is 25.5. The second kappa shape index (κ2) is 12.0. The number of urea groups is 1. The Morgan fingerprint density at radius 2 is 1.79 bits per heavy atom. The predicted molar refractivity (Wildman–Crippen MR) is 116 cm³/mol. The van der Waals surface area contributed by atoms with E-state index in [0.717, 1.165) is 18.4 Å². The number of anilines is 1. The van der Waals surface area contributed by atoms with E-state index in [4.69, 9.17) is 16.3 Å². The van der Waals surface area contributed by atoms with Crippen LogP contribution in [0.3, 0.4) is 0 Å². The van der Waals surface area contributed by atoms with Gasteiger partial charge in [-0.2, -0.15) is 0 Å². The quantitative estimate of drug-likeness (QED) is 0.559. The van der Waals surface area contributed by atoms with Gasteiger partial charge in [0.15, 0.2) is 0 Å². The van der Waals surface area contributed by atoms with Gasteiger partial charge in [-0.05, 0) is 48.6 Å². The largest absolute Gasteiger partial charge is 0.449 e. The maximum absolute atomic E-state index is 12.1. The Labute approximate surface area is 177 Å². The van der Waals surface area contributed by atoms with Crippen molar-refractivity contribution in [2.24, 2.45) is 0 Å². The molecule has 0 aromatic heterocycles. The number of ether oxygens (including phenoxy) is 1. The smallest absolute Gasteiger partial charge is 0.411 e. The Hall–Kier alpha value is -2.73. The van der Waals surface area contributed by atoms with Gasteiger partial charge in [0, 0.05) is 30.8 Å². The minimum absolute atomic E-state index is 0.167. The Bertz CT molecular complexity index is 796. The topological polar surface area (TPSA) is 70.7 Å². The summed E-state index contributed by atoms with van der Waals surface area (Å²) in [7, 11) is 1.73. The van der Waals surface area contributed by atoms with E-state index < -0.39 is 6.09 Å². The van der Waals surface area contributed by atoms with Crippen LogP contribution in [0.25, 0.3) is 0 Å². The van der Waals surface area contributed by atoms with Crippen molar-refractivity contribution in [3.8, 4) is 0 Å². The van der Waals surface area contributed by atoms with Crippen molar-refractivity contribution in [2.75, 3.05) is 25.5 Å². The molecule has 3 amide bonds. The molecule has 0 aliphatic carbocycles. The molecule has 0 radical (unpaired) electrons. The lowest BCUT2D eigenvalue weighted by molar-refractivity contribution is 0.157. The highest BCUT2D eigenvalue weighted by atomic mass is 35.5. The first kappa shape index (κ1) is 22.6. The highest BCUT2D eigenvalue weighted by Crippen LogP contribution is 2.14. The molecule has 0 fully saturated rings.